The van der Waals surface area contributed by atoms with Gasteiger partial charge >= 0.3 is 0 Å². The molecule has 6 heteroatoms. The van der Waals surface area contributed by atoms with Crippen LogP contribution in [0.4, 0.5) is 5.69 Å². The predicted octanol–water partition coefficient (Wildman–Crippen LogP) is 3.71. The fourth-order valence-electron chi connectivity index (χ4n) is 2.42. The molecule has 0 heterocycles. The second-order valence-corrected chi connectivity index (χ2v) is 5.87. The molecule has 28 heavy (non-hydrogen) atoms. The van der Waals surface area contributed by atoms with Crippen LogP contribution in [0.15, 0.2) is 84.0 Å². The number of methoxy groups -OCH3 is 1. The van der Waals surface area contributed by atoms with Crippen molar-refractivity contribution in [2.45, 2.75) is 0 Å². The molecule has 0 aromatic heterocycles. The number of hydrazone groups is 1. The Morgan fingerprint density at radius 2 is 1.46 bits per heavy atom. The molecule has 0 saturated carbocycles. The van der Waals surface area contributed by atoms with Gasteiger partial charge in [-0.1, -0.05) is 18.2 Å². The Kier molecular flexibility index (Phi) is 6.15. The van der Waals surface area contributed by atoms with Crippen molar-refractivity contribution < 1.29 is 14.3 Å². The predicted molar refractivity (Wildman–Crippen MR) is 109 cm³/mol. The number of hydrogen-bond acceptors (Lipinski definition) is 4. The number of carbonyl (C=O) groups excluding carboxylic acids is 2. The number of benzene rings is 3. The molecule has 0 unspecified atom stereocenters. The Hall–Kier alpha value is -3.93. The molecular formula is C22H19N3O3. The van der Waals surface area contributed by atoms with Crippen LogP contribution in [-0.4, -0.2) is 25.1 Å². The molecule has 0 aliphatic carbocycles. The molecule has 140 valence electrons. The number of rotatable bonds is 6. The molecule has 0 aliphatic rings. The molecular weight excluding hydrogens is 354 g/mol. The summed E-state index contributed by atoms with van der Waals surface area (Å²) in [6.45, 7) is 0. The third kappa shape index (κ3) is 5.04. The molecule has 6 nitrogen and oxygen atoms in total. The van der Waals surface area contributed by atoms with E-state index in [-0.39, 0.29) is 11.8 Å². The smallest absolute Gasteiger partial charge is 0.271 e. The van der Waals surface area contributed by atoms with Gasteiger partial charge in [-0.2, -0.15) is 5.10 Å². The van der Waals surface area contributed by atoms with E-state index in [0.717, 1.165) is 11.3 Å². The van der Waals surface area contributed by atoms with Crippen molar-refractivity contribution in [2.75, 3.05) is 12.4 Å². The Balaban J connectivity index is 1.55. The third-order valence-corrected chi connectivity index (χ3v) is 3.94. The van der Waals surface area contributed by atoms with Crippen molar-refractivity contribution in [1.29, 1.82) is 0 Å². The van der Waals surface area contributed by atoms with E-state index in [9.17, 15) is 9.59 Å². The first-order valence-electron chi connectivity index (χ1n) is 8.59. The van der Waals surface area contributed by atoms with Crippen molar-refractivity contribution in [3.05, 3.63) is 95.6 Å². The monoisotopic (exact) mass is 373 g/mol. The van der Waals surface area contributed by atoms with Crippen LogP contribution in [0.1, 0.15) is 26.3 Å². The number of hydrogen-bond donors (Lipinski definition) is 2. The van der Waals surface area contributed by atoms with E-state index >= 15 is 0 Å². The number of anilines is 1. The first-order valence-corrected chi connectivity index (χ1v) is 8.59. The van der Waals surface area contributed by atoms with Crippen LogP contribution in [0.5, 0.6) is 5.75 Å². The van der Waals surface area contributed by atoms with Gasteiger partial charge in [0.2, 0.25) is 0 Å². The number of carbonyl (C=O) groups is 2. The van der Waals surface area contributed by atoms with Gasteiger partial charge in [-0.15, -0.1) is 0 Å². The van der Waals surface area contributed by atoms with E-state index in [1.165, 1.54) is 0 Å². The van der Waals surface area contributed by atoms with Crippen LogP contribution in [0.25, 0.3) is 0 Å². The zero-order valence-electron chi connectivity index (χ0n) is 15.3. The lowest BCUT2D eigenvalue weighted by molar-refractivity contribution is 0.0954. The fraction of sp³-hybridized carbons (Fsp3) is 0.0455. The number of nitrogens with one attached hydrogen (secondary N) is 2. The van der Waals surface area contributed by atoms with Gasteiger partial charge in [0, 0.05) is 16.8 Å². The Morgan fingerprint density at radius 3 is 2.11 bits per heavy atom. The molecule has 2 N–H and O–H groups in total. The lowest BCUT2D eigenvalue weighted by Crippen LogP contribution is -2.17. The van der Waals surface area contributed by atoms with Crippen molar-refractivity contribution in [3.8, 4) is 5.75 Å². The largest absolute Gasteiger partial charge is 0.497 e. The highest BCUT2D eigenvalue weighted by atomic mass is 16.5. The zero-order valence-corrected chi connectivity index (χ0v) is 15.3. The van der Waals surface area contributed by atoms with Crippen molar-refractivity contribution in [2.24, 2.45) is 5.10 Å². The topological polar surface area (TPSA) is 79.8 Å². The maximum Gasteiger partial charge on any atom is 0.271 e. The van der Waals surface area contributed by atoms with E-state index < -0.39 is 0 Å². The van der Waals surface area contributed by atoms with E-state index in [4.69, 9.17) is 4.74 Å². The number of amides is 2. The molecule has 0 saturated heterocycles. The van der Waals surface area contributed by atoms with Crippen molar-refractivity contribution in [1.82, 2.24) is 5.43 Å². The quantitative estimate of drug-likeness (QED) is 0.511. The van der Waals surface area contributed by atoms with E-state index in [1.807, 2.05) is 30.3 Å². The summed E-state index contributed by atoms with van der Waals surface area (Å²) in [5, 5.41) is 6.74. The minimum Gasteiger partial charge on any atom is -0.497 e. The molecule has 0 bridgehead atoms. The van der Waals surface area contributed by atoms with Gasteiger partial charge in [0.15, 0.2) is 0 Å². The van der Waals surface area contributed by atoms with Gasteiger partial charge in [0.25, 0.3) is 11.8 Å². The molecule has 0 fully saturated rings. The normalized spacial score (nSPS) is 10.5. The van der Waals surface area contributed by atoms with Crippen LogP contribution < -0.4 is 15.5 Å². The highest BCUT2D eigenvalue weighted by Gasteiger charge is 2.07. The average molecular weight is 373 g/mol. The molecule has 3 aromatic carbocycles. The SMILES string of the molecule is COc1ccc(/C=N/NC(=O)c2ccc(NC(=O)c3ccccc3)cc2)cc1. The first kappa shape index (κ1) is 18.8. The molecule has 0 spiro atoms. The molecule has 3 aromatic rings. The lowest BCUT2D eigenvalue weighted by atomic mass is 10.1. The van der Waals surface area contributed by atoms with Crippen molar-refractivity contribution >= 4 is 23.7 Å². The second kappa shape index (κ2) is 9.14. The summed E-state index contributed by atoms with van der Waals surface area (Å²) in [6, 6.07) is 22.8. The summed E-state index contributed by atoms with van der Waals surface area (Å²) in [4.78, 5) is 24.3. The van der Waals surface area contributed by atoms with E-state index in [0.29, 0.717) is 16.8 Å². The molecule has 2 amide bonds. The van der Waals surface area contributed by atoms with Gasteiger partial charge in [-0.05, 0) is 66.2 Å². The maximum absolute atomic E-state index is 12.2. The van der Waals surface area contributed by atoms with Gasteiger partial charge in [-0.3, -0.25) is 9.59 Å². The van der Waals surface area contributed by atoms with Crippen LogP contribution in [0.2, 0.25) is 0 Å². The molecule has 0 aliphatic heterocycles. The van der Waals surface area contributed by atoms with E-state index in [2.05, 4.69) is 15.8 Å². The number of ether oxygens (including phenoxy) is 1. The molecule has 0 atom stereocenters. The standard InChI is InChI=1S/C22H19N3O3/c1-28-20-13-7-16(8-14-20)15-23-25-22(27)18-9-11-19(12-10-18)24-21(26)17-5-3-2-4-6-17/h2-15H,1H3,(H,24,26)(H,25,27)/b23-15+. The van der Waals surface area contributed by atoms with Crippen LogP contribution >= 0.6 is 0 Å². The van der Waals surface area contributed by atoms with Gasteiger partial charge in [0.1, 0.15) is 5.75 Å². The van der Waals surface area contributed by atoms with E-state index in [1.54, 1.807) is 61.9 Å². The summed E-state index contributed by atoms with van der Waals surface area (Å²) >= 11 is 0. The van der Waals surface area contributed by atoms with Crippen LogP contribution in [-0.2, 0) is 0 Å². The van der Waals surface area contributed by atoms with Crippen molar-refractivity contribution in [3.63, 3.8) is 0 Å². The fourth-order valence-corrected chi connectivity index (χ4v) is 2.42. The van der Waals surface area contributed by atoms with Gasteiger partial charge in [-0.25, -0.2) is 5.43 Å². The minimum absolute atomic E-state index is 0.207. The summed E-state index contributed by atoms with van der Waals surface area (Å²) < 4.78 is 5.09. The second-order valence-electron chi connectivity index (χ2n) is 5.87. The Morgan fingerprint density at radius 1 is 0.821 bits per heavy atom. The van der Waals surface area contributed by atoms with Gasteiger partial charge in [0.05, 0.1) is 13.3 Å². The zero-order chi connectivity index (χ0) is 19.8. The summed E-state index contributed by atoms with van der Waals surface area (Å²) in [6.07, 6.45) is 1.55. The highest BCUT2D eigenvalue weighted by Crippen LogP contribution is 2.12. The summed E-state index contributed by atoms with van der Waals surface area (Å²) in [5.74, 6) is 0.202. The minimum atomic E-state index is -0.342. The summed E-state index contributed by atoms with van der Waals surface area (Å²) in [5.41, 5.74) is 4.91. The molecule has 0 radical (unpaired) electrons. The van der Waals surface area contributed by atoms with Crippen LogP contribution in [0, 0.1) is 0 Å². The Labute approximate surface area is 162 Å². The van der Waals surface area contributed by atoms with Crippen LogP contribution in [0.3, 0.4) is 0 Å². The molecule has 3 rings (SSSR count). The third-order valence-electron chi connectivity index (χ3n) is 3.94. The maximum atomic E-state index is 12.2. The highest BCUT2D eigenvalue weighted by molar-refractivity contribution is 6.04. The number of nitrogens with zero attached hydrogens (tertiary/aromatic N) is 1. The first-order chi connectivity index (χ1) is 13.7. The lowest BCUT2D eigenvalue weighted by Gasteiger charge is -2.06. The average Bonchev–Trinajstić information content (AvgIpc) is 2.75. The Bertz CT molecular complexity index is 966. The summed E-state index contributed by atoms with van der Waals surface area (Å²) in [7, 11) is 1.60. The van der Waals surface area contributed by atoms with Gasteiger partial charge < -0.3 is 10.1 Å².